The van der Waals surface area contributed by atoms with Crippen molar-refractivity contribution in [3.05, 3.63) is 58.4 Å². The Labute approximate surface area is 183 Å². The number of halogens is 2. The van der Waals surface area contributed by atoms with Crippen LogP contribution < -0.4 is 14.9 Å². The summed E-state index contributed by atoms with van der Waals surface area (Å²) in [5.41, 5.74) is -0.229. The van der Waals surface area contributed by atoms with Gasteiger partial charge in [0.25, 0.3) is 11.8 Å². The Hall–Kier alpha value is -2.69. The third-order valence-electron chi connectivity index (χ3n) is 5.35. The summed E-state index contributed by atoms with van der Waals surface area (Å²) >= 11 is 5.80. The number of amides is 2. The van der Waals surface area contributed by atoms with E-state index in [1.54, 1.807) is 18.2 Å². The lowest BCUT2D eigenvalue weighted by molar-refractivity contribution is -0.149. The summed E-state index contributed by atoms with van der Waals surface area (Å²) < 4.78 is 39.3. The van der Waals surface area contributed by atoms with E-state index in [4.69, 9.17) is 11.6 Å². The molecule has 0 saturated carbocycles. The second-order valence-corrected chi connectivity index (χ2v) is 9.82. The molecule has 3 N–H and O–H groups in total. The second-order valence-electron chi connectivity index (χ2n) is 7.54. The number of carbonyl (C=O) groups is 2. The average Bonchev–Trinajstić information content (AvgIpc) is 3.00. The topological polar surface area (TPSA) is 116 Å². The van der Waals surface area contributed by atoms with Crippen molar-refractivity contribution in [1.82, 2.24) is 5.32 Å². The Bertz CT molecular complexity index is 1170. The number of aliphatic hydroxyl groups is 1. The van der Waals surface area contributed by atoms with Gasteiger partial charge in [-0.15, -0.1) is 0 Å². The summed E-state index contributed by atoms with van der Waals surface area (Å²) in [6.07, 6.45) is 0.173. The number of rotatable bonds is 4. The Morgan fingerprint density at radius 1 is 1.29 bits per heavy atom. The van der Waals surface area contributed by atoms with Crippen molar-refractivity contribution in [3.63, 3.8) is 0 Å². The molecule has 2 heterocycles. The molecule has 2 amide bonds. The minimum atomic E-state index is -3.36. The first kappa shape index (κ1) is 21.5. The van der Waals surface area contributed by atoms with Crippen LogP contribution in [0.3, 0.4) is 0 Å². The lowest BCUT2D eigenvalue weighted by Gasteiger charge is -2.24. The van der Waals surface area contributed by atoms with Gasteiger partial charge in [-0.2, -0.15) is 0 Å². The minimum absolute atomic E-state index is 0.0617. The average molecular weight is 468 g/mol. The van der Waals surface area contributed by atoms with Gasteiger partial charge in [0.2, 0.25) is 15.6 Å². The fraction of sp³-hybridized carbons (Fsp3) is 0.300. The van der Waals surface area contributed by atoms with E-state index in [2.05, 4.69) is 10.0 Å². The number of nitrogens with zero attached hydrogens (tertiary/aromatic N) is 1. The Kier molecular flexibility index (Phi) is 5.40. The number of benzene rings is 2. The van der Waals surface area contributed by atoms with Crippen molar-refractivity contribution < 1.29 is 27.5 Å². The van der Waals surface area contributed by atoms with Crippen molar-refractivity contribution >= 4 is 44.8 Å². The molecule has 2 aromatic carbocycles. The predicted molar refractivity (Wildman–Crippen MR) is 113 cm³/mol. The van der Waals surface area contributed by atoms with Gasteiger partial charge >= 0.3 is 0 Å². The Balaban J connectivity index is 1.48. The smallest absolute Gasteiger partial charge is 0.268 e. The number of carbonyl (C=O) groups excluding carboxylic acids is 2. The molecule has 4 rings (SSSR count). The van der Waals surface area contributed by atoms with E-state index in [9.17, 15) is 27.5 Å². The van der Waals surface area contributed by atoms with Crippen LogP contribution in [0.15, 0.2) is 36.4 Å². The molecule has 0 aromatic heterocycles. The lowest BCUT2D eigenvalue weighted by Crippen LogP contribution is -2.52. The molecule has 2 aliphatic heterocycles. The van der Waals surface area contributed by atoms with Crippen molar-refractivity contribution in [3.8, 4) is 0 Å². The zero-order chi connectivity index (χ0) is 22.4. The second kappa shape index (κ2) is 7.77. The number of anilines is 2. The third-order valence-corrected chi connectivity index (χ3v) is 6.84. The molecule has 2 aromatic rings. The maximum Gasteiger partial charge on any atom is 0.268 e. The molecule has 0 spiro atoms. The fourth-order valence-electron chi connectivity index (χ4n) is 3.72. The Morgan fingerprint density at radius 2 is 2.06 bits per heavy atom. The van der Waals surface area contributed by atoms with Crippen LogP contribution in [0.1, 0.15) is 17.5 Å². The first-order valence-electron chi connectivity index (χ1n) is 9.48. The van der Waals surface area contributed by atoms with E-state index in [1.807, 2.05) is 0 Å². The van der Waals surface area contributed by atoms with Gasteiger partial charge in [0.15, 0.2) is 0 Å². The molecule has 1 fully saturated rings. The molecular weight excluding hydrogens is 449 g/mol. The highest BCUT2D eigenvalue weighted by atomic mass is 35.5. The van der Waals surface area contributed by atoms with Gasteiger partial charge in [-0.05, 0) is 53.9 Å². The summed E-state index contributed by atoms with van der Waals surface area (Å²) in [4.78, 5) is 26.8. The molecule has 0 unspecified atom stereocenters. The highest BCUT2D eigenvalue weighted by Gasteiger charge is 2.51. The summed E-state index contributed by atoms with van der Waals surface area (Å²) in [7, 11) is -3.36. The van der Waals surface area contributed by atoms with Gasteiger partial charge in [0.05, 0.1) is 11.4 Å². The molecule has 0 aliphatic carbocycles. The van der Waals surface area contributed by atoms with Crippen LogP contribution in [0, 0.1) is 5.82 Å². The number of aryl methyl sites for hydroxylation is 1. The maximum absolute atomic E-state index is 13.4. The zero-order valence-electron chi connectivity index (χ0n) is 16.2. The summed E-state index contributed by atoms with van der Waals surface area (Å²) in [6, 6.07) is 8.58. The first-order valence-corrected chi connectivity index (χ1v) is 11.5. The zero-order valence-corrected chi connectivity index (χ0v) is 17.8. The van der Waals surface area contributed by atoms with Gasteiger partial charge < -0.3 is 15.3 Å². The van der Waals surface area contributed by atoms with Crippen LogP contribution in [0.4, 0.5) is 15.8 Å². The molecule has 0 radical (unpaired) electrons. The fourth-order valence-corrected chi connectivity index (χ4v) is 5.09. The van der Waals surface area contributed by atoms with E-state index in [-0.39, 0.29) is 30.3 Å². The summed E-state index contributed by atoms with van der Waals surface area (Å²) in [6.45, 7) is 0.00392. The monoisotopic (exact) mass is 467 g/mol. The van der Waals surface area contributed by atoms with Crippen molar-refractivity contribution in [2.24, 2.45) is 0 Å². The lowest BCUT2D eigenvalue weighted by atomic mass is 10.0. The molecule has 8 nitrogen and oxygen atoms in total. The number of nitrogens with one attached hydrogen (secondary N) is 2. The molecule has 0 bridgehead atoms. The number of hydrogen-bond donors (Lipinski definition) is 3. The van der Waals surface area contributed by atoms with Crippen LogP contribution in [0.2, 0.25) is 5.02 Å². The summed E-state index contributed by atoms with van der Waals surface area (Å²) in [5, 5.41) is 13.4. The molecule has 1 saturated heterocycles. The third kappa shape index (κ3) is 4.23. The highest BCUT2D eigenvalue weighted by Crippen LogP contribution is 2.33. The molecule has 31 heavy (non-hydrogen) atoms. The molecule has 1 atom stereocenters. The minimum Gasteiger partial charge on any atom is -0.372 e. The van der Waals surface area contributed by atoms with E-state index in [0.717, 1.165) is 11.6 Å². The standard InChI is InChI=1S/C20H19ClFN3O5S/c21-14-7-12(8-15(22)10-14)11-23-18(26)20(28)4-5-25(19(20)27)16-1-2-17-13(9-16)3-6-31(29,30)24-17/h1-2,7-10,24,28H,3-6,11H2,(H,23,26)/t20-/m0/s1. The normalized spacial score (nSPS) is 22.0. The Morgan fingerprint density at radius 3 is 2.81 bits per heavy atom. The van der Waals surface area contributed by atoms with E-state index in [0.29, 0.717) is 23.4 Å². The largest absolute Gasteiger partial charge is 0.372 e. The van der Waals surface area contributed by atoms with Gasteiger partial charge in [-0.25, -0.2) is 12.8 Å². The van der Waals surface area contributed by atoms with Crippen molar-refractivity contribution in [2.75, 3.05) is 21.9 Å². The van der Waals surface area contributed by atoms with Gasteiger partial charge in [0, 0.05) is 30.2 Å². The summed E-state index contributed by atoms with van der Waals surface area (Å²) in [5.74, 6) is -2.29. The first-order chi connectivity index (χ1) is 14.6. The van der Waals surface area contributed by atoms with Crippen LogP contribution in [-0.2, 0) is 32.6 Å². The van der Waals surface area contributed by atoms with Gasteiger partial charge in [-0.1, -0.05) is 11.6 Å². The van der Waals surface area contributed by atoms with E-state index in [1.165, 1.54) is 17.0 Å². The van der Waals surface area contributed by atoms with Crippen LogP contribution >= 0.6 is 11.6 Å². The van der Waals surface area contributed by atoms with Crippen LogP contribution in [0.25, 0.3) is 0 Å². The predicted octanol–water partition coefficient (Wildman–Crippen LogP) is 1.56. The molecule has 164 valence electrons. The van der Waals surface area contributed by atoms with Crippen molar-refractivity contribution in [2.45, 2.75) is 25.0 Å². The van der Waals surface area contributed by atoms with E-state index >= 15 is 0 Å². The highest BCUT2D eigenvalue weighted by molar-refractivity contribution is 7.92. The number of sulfonamides is 1. The maximum atomic E-state index is 13.4. The van der Waals surface area contributed by atoms with Crippen molar-refractivity contribution in [1.29, 1.82) is 0 Å². The molecule has 11 heteroatoms. The SMILES string of the molecule is O=C(NCc1cc(F)cc(Cl)c1)[C@@]1(O)CCN(c2ccc3c(c2)CCS(=O)(=O)N3)C1=O. The molecular formula is C20H19ClFN3O5S. The van der Waals surface area contributed by atoms with Gasteiger partial charge in [-0.3, -0.25) is 14.3 Å². The van der Waals surface area contributed by atoms with E-state index < -0.39 is 33.3 Å². The van der Waals surface area contributed by atoms with Crippen LogP contribution in [-0.4, -0.2) is 43.2 Å². The van der Waals surface area contributed by atoms with Gasteiger partial charge in [0.1, 0.15) is 5.82 Å². The molecule has 2 aliphatic rings. The van der Waals surface area contributed by atoms with Crippen LogP contribution in [0.5, 0.6) is 0 Å². The number of fused-ring (bicyclic) bond motifs is 1. The quantitative estimate of drug-likeness (QED) is 0.590. The number of hydrogen-bond acceptors (Lipinski definition) is 5.